The topological polar surface area (TPSA) is 74.0 Å². The van der Waals surface area contributed by atoms with Crippen LogP contribution in [0.25, 0.3) is 0 Å². The predicted molar refractivity (Wildman–Crippen MR) is 76.7 cm³/mol. The fourth-order valence-corrected chi connectivity index (χ4v) is 2.67. The van der Waals surface area contributed by atoms with E-state index in [9.17, 15) is 4.79 Å². The highest BCUT2D eigenvalue weighted by atomic mass is 32.2. The fourth-order valence-electron chi connectivity index (χ4n) is 1.70. The lowest BCUT2D eigenvalue weighted by atomic mass is 10.1. The van der Waals surface area contributed by atoms with Gasteiger partial charge in [-0.1, -0.05) is 6.07 Å². The van der Waals surface area contributed by atoms with Crippen molar-refractivity contribution in [3.63, 3.8) is 0 Å². The summed E-state index contributed by atoms with van der Waals surface area (Å²) in [6, 6.07) is 10.7. The summed E-state index contributed by atoms with van der Waals surface area (Å²) in [5, 5.41) is 18.4. The Balaban J connectivity index is 2.11. The molecule has 0 spiro atoms. The summed E-state index contributed by atoms with van der Waals surface area (Å²) in [6.45, 7) is 1.96. The Morgan fingerprint density at radius 1 is 1.40 bits per heavy atom. The zero-order valence-corrected chi connectivity index (χ0v) is 11.6. The molecule has 0 amide bonds. The average molecular weight is 284 g/mol. The normalized spacial score (nSPS) is 10.0. The van der Waals surface area contributed by atoms with E-state index >= 15 is 0 Å². The van der Waals surface area contributed by atoms with Crippen LogP contribution in [0.5, 0.6) is 0 Å². The molecule has 20 heavy (non-hydrogen) atoms. The van der Waals surface area contributed by atoms with Gasteiger partial charge in [0.25, 0.3) is 0 Å². The molecule has 1 aromatic heterocycles. The van der Waals surface area contributed by atoms with Gasteiger partial charge in [0.1, 0.15) is 0 Å². The van der Waals surface area contributed by atoms with Crippen molar-refractivity contribution in [1.29, 1.82) is 5.26 Å². The number of aromatic nitrogens is 1. The Labute approximate surface area is 121 Å². The van der Waals surface area contributed by atoms with Crippen LogP contribution in [0, 0.1) is 18.3 Å². The van der Waals surface area contributed by atoms with Crippen molar-refractivity contribution in [3.8, 4) is 6.07 Å². The summed E-state index contributed by atoms with van der Waals surface area (Å²) in [7, 11) is 0. The number of hydrogen-bond donors (Lipinski definition) is 1. The minimum atomic E-state index is -0.955. The van der Waals surface area contributed by atoms with E-state index in [1.54, 1.807) is 12.1 Å². The van der Waals surface area contributed by atoms with E-state index in [1.807, 2.05) is 19.1 Å². The number of carboxylic acids is 1. The summed E-state index contributed by atoms with van der Waals surface area (Å²) in [4.78, 5) is 15.0. The third-order valence-electron chi connectivity index (χ3n) is 2.83. The number of thioether (sulfide) groups is 1. The van der Waals surface area contributed by atoms with Gasteiger partial charge < -0.3 is 5.11 Å². The van der Waals surface area contributed by atoms with Crippen LogP contribution in [-0.2, 0) is 5.75 Å². The van der Waals surface area contributed by atoms with Gasteiger partial charge in [-0.3, -0.25) is 0 Å². The van der Waals surface area contributed by atoms with Gasteiger partial charge in [0.15, 0.2) is 0 Å². The van der Waals surface area contributed by atoms with Crippen molar-refractivity contribution in [2.45, 2.75) is 17.7 Å². The van der Waals surface area contributed by atoms with Crippen molar-refractivity contribution in [2.24, 2.45) is 0 Å². The van der Waals surface area contributed by atoms with Gasteiger partial charge in [-0.15, -0.1) is 11.8 Å². The van der Waals surface area contributed by atoms with Gasteiger partial charge in [0.2, 0.25) is 0 Å². The van der Waals surface area contributed by atoms with Gasteiger partial charge in [0, 0.05) is 11.9 Å². The molecule has 2 aromatic rings. The number of carboxylic acid groups (broad SMARTS) is 1. The maximum atomic E-state index is 10.9. The van der Waals surface area contributed by atoms with Crippen LogP contribution in [0.2, 0.25) is 0 Å². The molecule has 0 atom stereocenters. The Hall–Kier alpha value is -2.32. The molecule has 0 saturated heterocycles. The number of rotatable bonds is 4. The largest absolute Gasteiger partial charge is 0.478 e. The maximum absolute atomic E-state index is 10.9. The van der Waals surface area contributed by atoms with Crippen molar-refractivity contribution in [1.82, 2.24) is 4.98 Å². The van der Waals surface area contributed by atoms with Crippen LogP contribution in [0.1, 0.15) is 27.0 Å². The third-order valence-corrected chi connectivity index (χ3v) is 3.80. The van der Waals surface area contributed by atoms with Gasteiger partial charge in [0.05, 0.1) is 22.2 Å². The first-order chi connectivity index (χ1) is 9.60. The van der Waals surface area contributed by atoms with Crippen LogP contribution in [0.4, 0.5) is 0 Å². The predicted octanol–water partition coefficient (Wildman–Crippen LogP) is 3.25. The molecule has 0 unspecified atom stereocenters. The Bertz CT molecular complexity index is 693. The number of aryl methyl sites for hydroxylation is 1. The lowest BCUT2D eigenvalue weighted by Crippen LogP contribution is -1.97. The summed E-state index contributed by atoms with van der Waals surface area (Å²) in [5.74, 6) is -0.267. The van der Waals surface area contributed by atoms with E-state index in [0.717, 1.165) is 11.1 Å². The molecular formula is C15H12N2O2S. The molecule has 0 aliphatic rings. The number of pyridine rings is 1. The summed E-state index contributed by atoms with van der Waals surface area (Å²) >= 11 is 1.48. The monoisotopic (exact) mass is 284 g/mol. The minimum absolute atomic E-state index is 0.235. The molecule has 0 saturated carbocycles. The Morgan fingerprint density at radius 2 is 2.20 bits per heavy atom. The van der Waals surface area contributed by atoms with Crippen molar-refractivity contribution >= 4 is 17.7 Å². The third kappa shape index (κ3) is 3.37. The zero-order chi connectivity index (χ0) is 14.5. The Kier molecular flexibility index (Phi) is 4.38. The van der Waals surface area contributed by atoms with Crippen LogP contribution < -0.4 is 0 Å². The fraction of sp³-hybridized carbons (Fsp3) is 0.133. The number of nitriles is 1. The quantitative estimate of drug-likeness (QED) is 0.872. The number of carbonyl (C=O) groups is 1. The van der Waals surface area contributed by atoms with Crippen molar-refractivity contribution in [2.75, 3.05) is 0 Å². The second-order valence-electron chi connectivity index (χ2n) is 4.23. The minimum Gasteiger partial charge on any atom is -0.478 e. The van der Waals surface area contributed by atoms with E-state index in [4.69, 9.17) is 10.4 Å². The summed E-state index contributed by atoms with van der Waals surface area (Å²) in [5.41, 5.74) is 3.03. The first-order valence-electron chi connectivity index (χ1n) is 5.92. The molecule has 0 bridgehead atoms. The van der Waals surface area contributed by atoms with Crippen LogP contribution in [0.15, 0.2) is 41.6 Å². The molecule has 4 nitrogen and oxygen atoms in total. The van der Waals surface area contributed by atoms with Crippen LogP contribution >= 0.6 is 11.8 Å². The van der Waals surface area contributed by atoms with E-state index in [1.165, 1.54) is 24.0 Å². The molecule has 1 N–H and O–H groups in total. The molecule has 1 heterocycles. The molecule has 0 aliphatic heterocycles. The first kappa shape index (κ1) is 14.1. The highest BCUT2D eigenvalue weighted by Crippen LogP contribution is 2.23. The lowest BCUT2D eigenvalue weighted by molar-refractivity contribution is 0.0696. The summed E-state index contributed by atoms with van der Waals surface area (Å²) in [6.07, 6.45) is 1.50. The van der Waals surface area contributed by atoms with Crippen LogP contribution in [-0.4, -0.2) is 16.1 Å². The van der Waals surface area contributed by atoms with Gasteiger partial charge in [-0.05, 0) is 42.3 Å². The first-order valence-corrected chi connectivity index (χ1v) is 6.90. The zero-order valence-electron chi connectivity index (χ0n) is 10.8. The molecular weight excluding hydrogens is 272 g/mol. The van der Waals surface area contributed by atoms with Gasteiger partial charge in [-0.2, -0.15) is 5.26 Å². The number of nitrogens with zero attached hydrogens (tertiary/aromatic N) is 2. The van der Waals surface area contributed by atoms with Gasteiger partial charge >= 0.3 is 5.97 Å². The second kappa shape index (κ2) is 6.22. The maximum Gasteiger partial charge on any atom is 0.335 e. The van der Waals surface area contributed by atoms with Crippen molar-refractivity contribution < 1.29 is 9.90 Å². The average Bonchev–Trinajstić information content (AvgIpc) is 2.46. The highest BCUT2D eigenvalue weighted by Gasteiger charge is 2.06. The molecule has 0 aliphatic carbocycles. The van der Waals surface area contributed by atoms with E-state index in [-0.39, 0.29) is 5.56 Å². The Morgan fingerprint density at radius 3 is 2.85 bits per heavy atom. The van der Waals surface area contributed by atoms with E-state index in [2.05, 4.69) is 11.1 Å². The number of aromatic carboxylic acids is 1. The molecule has 0 fully saturated rings. The van der Waals surface area contributed by atoms with Crippen LogP contribution in [0.3, 0.4) is 0 Å². The number of benzene rings is 1. The second-order valence-corrected chi connectivity index (χ2v) is 5.23. The summed E-state index contributed by atoms with van der Waals surface area (Å²) < 4.78 is 0. The molecule has 0 radical (unpaired) electrons. The van der Waals surface area contributed by atoms with Crippen molar-refractivity contribution in [3.05, 3.63) is 58.8 Å². The molecule has 1 aromatic carbocycles. The lowest BCUT2D eigenvalue weighted by Gasteiger charge is -2.06. The van der Waals surface area contributed by atoms with Gasteiger partial charge in [-0.25, -0.2) is 9.78 Å². The highest BCUT2D eigenvalue weighted by molar-refractivity contribution is 7.98. The number of hydrogen-bond acceptors (Lipinski definition) is 4. The standard InChI is InChI=1S/C15H12N2O2S/c1-10-6-11(8-16)2-3-13(10)9-20-14-7-12(15(18)19)4-5-17-14/h2-7H,9H2,1H3,(H,18,19). The SMILES string of the molecule is Cc1cc(C#N)ccc1CSc1cc(C(=O)O)ccn1. The molecule has 2 rings (SSSR count). The van der Waals surface area contributed by atoms with E-state index < -0.39 is 5.97 Å². The van der Waals surface area contributed by atoms with E-state index in [0.29, 0.717) is 16.3 Å². The smallest absolute Gasteiger partial charge is 0.335 e. The molecule has 5 heteroatoms. The molecule has 100 valence electrons.